The van der Waals surface area contributed by atoms with E-state index >= 15 is 0 Å². The van der Waals surface area contributed by atoms with Gasteiger partial charge in [-0.25, -0.2) is 0 Å². The second-order valence-electron chi connectivity index (χ2n) is 8.63. The van der Waals surface area contributed by atoms with E-state index in [0.29, 0.717) is 23.7 Å². The summed E-state index contributed by atoms with van der Waals surface area (Å²) in [4.78, 5) is 33.4. The van der Waals surface area contributed by atoms with Crippen molar-refractivity contribution in [1.29, 1.82) is 0 Å². The molecule has 0 spiro atoms. The standard InChI is InChI=1S/C26H28ClN3O5/c1-29(2)10-7-11-30-23(17-14-28-19-9-6-5-8-15(17)19)22(25(32)26(30)33)24(31)16-12-21(35-4)18(27)13-20(16)34-3/h5-6,8-9,12-14,23,28,31H,7,10-11H2,1-4H3/b24-22+. The molecule has 1 amide bonds. The van der Waals surface area contributed by atoms with Crippen LogP contribution < -0.4 is 9.47 Å². The van der Waals surface area contributed by atoms with Crippen molar-refractivity contribution >= 4 is 40.0 Å². The van der Waals surface area contributed by atoms with E-state index in [1.165, 1.54) is 31.3 Å². The van der Waals surface area contributed by atoms with E-state index in [1.54, 1.807) is 6.20 Å². The van der Waals surface area contributed by atoms with Crippen LogP contribution in [0.2, 0.25) is 5.02 Å². The maximum atomic E-state index is 13.4. The van der Waals surface area contributed by atoms with Crippen LogP contribution in [0.15, 0.2) is 48.2 Å². The third kappa shape index (κ3) is 4.47. The van der Waals surface area contributed by atoms with Gasteiger partial charge in [-0.3, -0.25) is 9.59 Å². The molecule has 184 valence electrons. The highest BCUT2D eigenvalue weighted by Crippen LogP contribution is 2.44. The summed E-state index contributed by atoms with van der Waals surface area (Å²) in [5.41, 5.74) is 1.80. The number of aromatic nitrogens is 1. The molecule has 1 unspecified atom stereocenters. The summed E-state index contributed by atoms with van der Waals surface area (Å²) >= 11 is 6.24. The van der Waals surface area contributed by atoms with Gasteiger partial charge in [0.15, 0.2) is 0 Å². The number of carbonyl (C=O) groups excluding carboxylic acids is 2. The number of nitrogens with one attached hydrogen (secondary N) is 1. The van der Waals surface area contributed by atoms with Gasteiger partial charge in [-0.15, -0.1) is 0 Å². The average molecular weight is 498 g/mol. The Labute approximate surface area is 208 Å². The molecule has 0 radical (unpaired) electrons. The molecule has 2 heterocycles. The molecule has 0 bridgehead atoms. The Hall–Kier alpha value is -3.49. The highest BCUT2D eigenvalue weighted by atomic mass is 35.5. The van der Waals surface area contributed by atoms with Gasteiger partial charge in [0.05, 0.1) is 36.4 Å². The molecule has 0 aliphatic carbocycles. The van der Waals surface area contributed by atoms with Gasteiger partial charge in [-0.2, -0.15) is 0 Å². The smallest absolute Gasteiger partial charge is 0.295 e. The first-order chi connectivity index (χ1) is 16.8. The van der Waals surface area contributed by atoms with Crippen LogP contribution >= 0.6 is 11.6 Å². The average Bonchev–Trinajstić information content (AvgIpc) is 3.37. The van der Waals surface area contributed by atoms with Crippen LogP contribution in [0.4, 0.5) is 0 Å². The first-order valence-electron chi connectivity index (χ1n) is 11.2. The molecule has 1 atom stereocenters. The minimum absolute atomic E-state index is 0.00715. The van der Waals surface area contributed by atoms with Gasteiger partial charge in [0.1, 0.15) is 17.3 Å². The maximum absolute atomic E-state index is 13.4. The number of para-hydroxylation sites is 1. The molecule has 1 aromatic heterocycles. The van der Waals surface area contributed by atoms with Gasteiger partial charge < -0.3 is 29.4 Å². The number of rotatable bonds is 8. The zero-order chi connectivity index (χ0) is 25.3. The van der Waals surface area contributed by atoms with Gasteiger partial charge in [-0.1, -0.05) is 29.8 Å². The van der Waals surface area contributed by atoms with E-state index in [4.69, 9.17) is 21.1 Å². The van der Waals surface area contributed by atoms with Gasteiger partial charge in [0.25, 0.3) is 11.7 Å². The first kappa shape index (κ1) is 24.6. The number of amides is 1. The fraction of sp³-hybridized carbons (Fsp3) is 0.308. The molecule has 1 saturated heterocycles. The van der Waals surface area contributed by atoms with E-state index in [0.717, 1.165) is 23.0 Å². The van der Waals surface area contributed by atoms with Gasteiger partial charge in [-0.05, 0) is 39.2 Å². The molecule has 1 aliphatic heterocycles. The molecule has 3 aromatic rings. The molecule has 0 saturated carbocycles. The Balaban J connectivity index is 1.92. The zero-order valence-corrected chi connectivity index (χ0v) is 20.8. The van der Waals surface area contributed by atoms with Crippen molar-refractivity contribution in [1.82, 2.24) is 14.8 Å². The van der Waals surface area contributed by atoms with Crippen LogP contribution in [-0.4, -0.2) is 73.0 Å². The number of aliphatic hydroxyl groups is 1. The van der Waals surface area contributed by atoms with Crippen molar-refractivity contribution in [3.63, 3.8) is 0 Å². The number of aromatic amines is 1. The molecule has 9 heteroatoms. The Bertz CT molecular complexity index is 1310. The third-order valence-corrected chi connectivity index (χ3v) is 6.48. The first-order valence-corrected chi connectivity index (χ1v) is 11.6. The van der Waals surface area contributed by atoms with Crippen LogP contribution in [0.3, 0.4) is 0 Å². The van der Waals surface area contributed by atoms with Crippen molar-refractivity contribution < 1.29 is 24.2 Å². The fourth-order valence-corrected chi connectivity index (χ4v) is 4.73. The molecule has 35 heavy (non-hydrogen) atoms. The number of carbonyl (C=O) groups is 2. The highest BCUT2D eigenvalue weighted by molar-refractivity contribution is 6.46. The zero-order valence-electron chi connectivity index (χ0n) is 20.1. The number of nitrogens with zero attached hydrogens (tertiary/aromatic N) is 2. The van der Waals surface area contributed by atoms with E-state index in [-0.39, 0.29) is 22.6 Å². The number of ketones is 1. The molecule has 2 N–H and O–H groups in total. The molecular formula is C26H28ClN3O5. The number of hydrogen-bond acceptors (Lipinski definition) is 6. The second-order valence-corrected chi connectivity index (χ2v) is 9.03. The number of benzene rings is 2. The minimum Gasteiger partial charge on any atom is -0.507 e. The number of methoxy groups -OCH3 is 2. The van der Waals surface area contributed by atoms with E-state index in [1.807, 2.05) is 43.3 Å². The fourth-order valence-electron chi connectivity index (χ4n) is 4.50. The monoisotopic (exact) mass is 497 g/mol. The second kappa shape index (κ2) is 10.0. The van der Waals surface area contributed by atoms with Crippen LogP contribution in [0, 0.1) is 0 Å². The minimum atomic E-state index is -0.778. The number of hydrogen-bond donors (Lipinski definition) is 2. The predicted molar refractivity (Wildman–Crippen MR) is 135 cm³/mol. The van der Waals surface area contributed by atoms with Gasteiger partial charge >= 0.3 is 0 Å². The number of ether oxygens (including phenoxy) is 2. The van der Waals surface area contributed by atoms with Crippen molar-refractivity contribution in [2.75, 3.05) is 41.4 Å². The molecule has 4 rings (SSSR count). The van der Waals surface area contributed by atoms with E-state index in [2.05, 4.69) is 4.98 Å². The Kier molecular flexibility index (Phi) is 7.05. The molecule has 1 fully saturated rings. The van der Waals surface area contributed by atoms with Crippen LogP contribution in [0.5, 0.6) is 11.5 Å². The van der Waals surface area contributed by atoms with Crippen molar-refractivity contribution in [2.24, 2.45) is 0 Å². The van der Waals surface area contributed by atoms with Gasteiger partial charge in [0, 0.05) is 35.3 Å². The Morgan fingerprint density at radius 3 is 2.54 bits per heavy atom. The lowest BCUT2D eigenvalue weighted by atomic mass is 9.94. The van der Waals surface area contributed by atoms with Crippen LogP contribution in [0.25, 0.3) is 16.7 Å². The lowest BCUT2D eigenvalue weighted by Crippen LogP contribution is -2.32. The quantitative estimate of drug-likeness (QED) is 0.275. The Morgan fingerprint density at radius 1 is 1.14 bits per heavy atom. The molecule has 8 nitrogen and oxygen atoms in total. The molecule has 1 aliphatic rings. The number of aliphatic hydroxyl groups excluding tert-OH is 1. The number of fused-ring (bicyclic) bond motifs is 1. The summed E-state index contributed by atoms with van der Waals surface area (Å²) in [6, 6.07) is 9.87. The summed E-state index contributed by atoms with van der Waals surface area (Å²) in [6.07, 6.45) is 2.45. The van der Waals surface area contributed by atoms with Crippen molar-refractivity contribution in [3.8, 4) is 11.5 Å². The lowest BCUT2D eigenvalue weighted by molar-refractivity contribution is -0.139. The number of H-pyrrole nitrogens is 1. The van der Waals surface area contributed by atoms with Gasteiger partial charge in [0.2, 0.25) is 0 Å². The van der Waals surface area contributed by atoms with Crippen molar-refractivity contribution in [2.45, 2.75) is 12.5 Å². The van der Waals surface area contributed by atoms with Crippen molar-refractivity contribution in [3.05, 3.63) is 64.3 Å². The van der Waals surface area contributed by atoms with E-state index < -0.39 is 17.7 Å². The topological polar surface area (TPSA) is 95.1 Å². The predicted octanol–water partition coefficient (Wildman–Crippen LogP) is 4.21. The number of likely N-dealkylation sites (tertiary alicyclic amines) is 1. The summed E-state index contributed by atoms with van der Waals surface area (Å²) in [5.74, 6) is -1.19. The number of halogens is 1. The number of Topliss-reactive ketones (excluding diaryl/α,β-unsaturated/α-hetero) is 1. The van der Waals surface area contributed by atoms with E-state index in [9.17, 15) is 14.7 Å². The summed E-state index contributed by atoms with van der Waals surface area (Å²) < 4.78 is 10.7. The molecule has 2 aromatic carbocycles. The largest absolute Gasteiger partial charge is 0.507 e. The molecular weight excluding hydrogens is 470 g/mol. The van der Waals surface area contributed by atoms with Crippen LogP contribution in [0.1, 0.15) is 23.6 Å². The SMILES string of the molecule is COc1cc(/C(O)=C2\C(=O)C(=O)N(CCCN(C)C)C2c2c[nH]c3ccccc23)c(OC)cc1Cl. The summed E-state index contributed by atoms with van der Waals surface area (Å²) in [5, 5.41) is 12.6. The Morgan fingerprint density at radius 2 is 1.86 bits per heavy atom. The summed E-state index contributed by atoms with van der Waals surface area (Å²) in [7, 11) is 6.79. The van der Waals surface area contributed by atoms with Crippen LogP contribution in [-0.2, 0) is 9.59 Å². The summed E-state index contributed by atoms with van der Waals surface area (Å²) in [6.45, 7) is 1.09. The highest BCUT2D eigenvalue weighted by Gasteiger charge is 2.47. The third-order valence-electron chi connectivity index (χ3n) is 6.19. The lowest BCUT2D eigenvalue weighted by Gasteiger charge is -2.25. The maximum Gasteiger partial charge on any atom is 0.295 e. The normalized spacial score (nSPS) is 17.5.